The summed E-state index contributed by atoms with van der Waals surface area (Å²) in [5, 5.41) is 23.9. The van der Waals surface area contributed by atoms with Gasteiger partial charge in [0.2, 0.25) is 0 Å². The van der Waals surface area contributed by atoms with E-state index in [9.17, 15) is 14.9 Å². The third-order valence-electron chi connectivity index (χ3n) is 3.42. The number of hydrazone groups is 1. The van der Waals surface area contributed by atoms with Gasteiger partial charge in [0.05, 0.1) is 21.8 Å². The maximum absolute atomic E-state index is 11.9. The van der Waals surface area contributed by atoms with E-state index in [1.54, 1.807) is 29.8 Å². The van der Waals surface area contributed by atoms with Gasteiger partial charge in [-0.05, 0) is 18.2 Å². The Labute approximate surface area is 172 Å². The first-order valence-electron chi connectivity index (χ1n) is 7.78. The maximum Gasteiger partial charge on any atom is 0.324 e. The minimum Gasteiger partial charge on any atom is -0.305 e. The molecule has 0 bridgehead atoms. The van der Waals surface area contributed by atoms with Gasteiger partial charge in [-0.25, -0.2) is 5.43 Å². The maximum atomic E-state index is 11.9. The zero-order valence-electron chi connectivity index (χ0n) is 14.4. The topological polar surface area (TPSA) is 115 Å². The molecule has 12 heteroatoms. The first-order valence-corrected chi connectivity index (χ1v) is 9.96. The number of hydrogen-bond donors (Lipinski definition) is 1. The molecule has 0 aliphatic heterocycles. The zero-order valence-corrected chi connectivity index (χ0v) is 16.8. The molecule has 0 aliphatic rings. The highest BCUT2D eigenvalue weighted by Crippen LogP contribution is 2.24. The van der Waals surface area contributed by atoms with Crippen molar-refractivity contribution < 1.29 is 9.72 Å². The average molecular weight is 437 g/mol. The Morgan fingerprint density at radius 3 is 2.96 bits per heavy atom. The fourth-order valence-electron chi connectivity index (χ4n) is 2.16. The highest BCUT2D eigenvalue weighted by molar-refractivity contribution is 7.99. The number of nitro groups is 1. The van der Waals surface area contributed by atoms with Crippen LogP contribution < -0.4 is 5.43 Å². The third kappa shape index (κ3) is 4.94. The quantitative estimate of drug-likeness (QED) is 0.263. The Kier molecular flexibility index (Phi) is 6.39. The van der Waals surface area contributed by atoms with E-state index in [1.165, 1.54) is 24.0 Å². The number of aromatic nitrogens is 3. The summed E-state index contributed by atoms with van der Waals surface area (Å²) in [5.41, 5.74) is 3.20. The monoisotopic (exact) mass is 436 g/mol. The van der Waals surface area contributed by atoms with E-state index in [0.717, 1.165) is 16.9 Å². The van der Waals surface area contributed by atoms with Crippen molar-refractivity contribution in [3.8, 4) is 11.4 Å². The van der Waals surface area contributed by atoms with Crippen LogP contribution in [-0.2, 0) is 11.8 Å². The lowest BCUT2D eigenvalue weighted by atomic mass is 10.2. The number of carbonyl (C=O) groups is 1. The molecule has 1 amide bonds. The Hall–Kier alpha value is -2.76. The zero-order chi connectivity index (χ0) is 20.1. The van der Waals surface area contributed by atoms with E-state index in [1.807, 2.05) is 12.1 Å². The Balaban J connectivity index is 1.54. The summed E-state index contributed by atoms with van der Waals surface area (Å²) in [7, 11) is 1.80. The van der Waals surface area contributed by atoms with Crippen LogP contribution in [0.1, 0.15) is 4.88 Å². The van der Waals surface area contributed by atoms with Gasteiger partial charge < -0.3 is 4.57 Å². The van der Waals surface area contributed by atoms with Crippen LogP contribution in [0.5, 0.6) is 0 Å². The fourth-order valence-corrected chi connectivity index (χ4v) is 3.75. The number of nitrogens with zero attached hydrogens (tertiary/aromatic N) is 5. The van der Waals surface area contributed by atoms with Crippen molar-refractivity contribution in [2.24, 2.45) is 12.1 Å². The number of thioether (sulfide) groups is 1. The van der Waals surface area contributed by atoms with Crippen molar-refractivity contribution in [2.75, 3.05) is 5.75 Å². The molecule has 0 radical (unpaired) electrons. The van der Waals surface area contributed by atoms with Gasteiger partial charge in [-0.2, -0.15) is 5.10 Å². The van der Waals surface area contributed by atoms with E-state index < -0.39 is 4.92 Å². The molecular formula is C16H13ClN6O3S2. The number of thiophene rings is 1. The van der Waals surface area contributed by atoms with Crippen molar-refractivity contribution in [3.63, 3.8) is 0 Å². The van der Waals surface area contributed by atoms with Crippen LogP contribution in [0.2, 0.25) is 5.02 Å². The van der Waals surface area contributed by atoms with Gasteiger partial charge in [0.15, 0.2) is 11.0 Å². The highest BCUT2D eigenvalue weighted by Gasteiger charge is 2.13. The van der Waals surface area contributed by atoms with Crippen LogP contribution in [0, 0.1) is 10.1 Å². The molecule has 28 heavy (non-hydrogen) atoms. The van der Waals surface area contributed by atoms with Crippen molar-refractivity contribution in [3.05, 3.63) is 56.4 Å². The number of carbonyl (C=O) groups excluding carboxylic acids is 1. The molecule has 0 spiro atoms. The molecule has 3 aromatic rings. The fraction of sp³-hybridized carbons (Fsp3) is 0.125. The second-order valence-electron chi connectivity index (χ2n) is 5.39. The van der Waals surface area contributed by atoms with Crippen molar-refractivity contribution >= 4 is 51.8 Å². The number of hydrogen-bond acceptors (Lipinski definition) is 8. The molecule has 144 valence electrons. The number of amides is 1. The Bertz CT molecular complexity index is 1050. The molecule has 2 aromatic heterocycles. The molecule has 1 N–H and O–H groups in total. The van der Waals surface area contributed by atoms with E-state index >= 15 is 0 Å². The van der Waals surface area contributed by atoms with Crippen LogP contribution in [0.15, 0.2) is 46.7 Å². The van der Waals surface area contributed by atoms with Crippen LogP contribution in [0.3, 0.4) is 0 Å². The molecule has 0 aliphatic carbocycles. The molecule has 0 fully saturated rings. The van der Waals surface area contributed by atoms with Crippen LogP contribution in [0.4, 0.5) is 5.00 Å². The number of nitrogens with one attached hydrogen (secondary N) is 1. The number of halogens is 1. The summed E-state index contributed by atoms with van der Waals surface area (Å²) in [6.45, 7) is 0. The van der Waals surface area contributed by atoms with Crippen LogP contribution in [0.25, 0.3) is 11.4 Å². The van der Waals surface area contributed by atoms with E-state index in [-0.39, 0.29) is 16.7 Å². The molecule has 2 heterocycles. The van der Waals surface area contributed by atoms with Gasteiger partial charge >= 0.3 is 5.00 Å². The summed E-state index contributed by atoms with van der Waals surface area (Å²) in [4.78, 5) is 22.7. The molecule has 0 saturated carbocycles. The summed E-state index contributed by atoms with van der Waals surface area (Å²) in [6, 6.07) is 10.2. The smallest absolute Gasteiger partial charge is 0.305 e. The van der Waals surface area contributed by atoms with E-state index in [4.69, 9.17) is 11.6 Å². The summed E-state index contributed by atoms with van der Waals surface area (Å²) in [5.74, 6) is 0.394. The standard InChI is InChI=1S/C16H13ClN6O3S2/c1-22-15(10-3-2-4-11(17)7-10)20-21-16(22)27-9-13(24)19-18-8-12-5-6-14(28-12)23(25)26/h2-8H,9H2,1H3,(H,19,24)/b18-8-. The number of benzene rings is 1. The SMILES string of the molecule is Cn1c(SCC(=O)N/N=C\c2ccc([N+](=O)[O-])s2)nnc1-c1cccc(Cl)c1. The van der Waals surface area contributed by atoms with Gasteiger partial charge in [0.1, 0.15) is 0 Å². The van der Waals surface area contributed by atoms with Crippen molar-refractivity contribution in [2.45, 2.75) is 5.16 Å². The predicted octanol–water partition coefficient (Wildman–Crippen LogP) is 3.35. The Morgan fingerprint density at radius 2 is 2.25 bits per heavy atom. The highest BCUT2D eigenvalue weighted by atomic mass is 35.5. The van der Waals surface area contributed by atoms with Gasteiger partial charge in [-0.1, -0.05) is 46.8 Å². The van der Waals surface area contributed by atoms with Crippen molar-refractivity contribution in [1.29, 1.82) is 0 Å². The first-order chi connectivity index (χ1) is 13.4. The minimum atomic E-state index is -0.476. The first kappa shape index (κ1) is 20.0. The molecule has 3 rings (SSSR count). The van der Waals surface area contributed by atoms with Crippen LogP contribution >= 0.6 is 34.7 Å². The lowest BCUT2D eigenvalue weighted by Gasteiger charge is -2.04. The largest absolute Gasteiger partial charge is 0.324 e. The van der Waals surface area contributed by atoms with Crippen molar-refractivity contribution in [1.82, 2.24) is 20.2 Å². The summed E-state index contributed by atoms with van der Waals surface area (Å²) in [6.07, 6.45) is 1.36. The minimum absolute atomic E-state index is 0.0149. The van der Waals surface area contributed by atoms with Gasteiger partial charge in [0.25, 0.3) is 5.91 Å². The van der Waals surface area contributed by atoms with E-state index in [2.05, 4.69) is 20.7 Å². The van der Waals surface area contributed by atoms with Gasteiger partial charge in [-0.15, -0.1) is 10.2 Å². The molecule has 1 aromatic carbocycles. The lowest BCUT2D eigenvalue weighted by Crippen LogP contribution is -2.19. The second kappa shape index (κ2) is 8.95. The summed E-state index contributed by atoms with van der Waals surface area (Å²) >= 11 is 8.19. The van der Waals surface area contributed by atoms with Gasteiger partial charge in [-0.3, -0.25) is 14.9 Å². The normalized spacial score (nSPS) is 11.1. The molecule has 0 unspecified atom stereocenters. The number of rotatable bonds is 7. The molecule has 0 atom stereocenters. The summed E-state index contributed by atoms with van der Waals surface area (Å²) < 4.78 is 1.78. The molecule has 9 nitrogen and oxygen atoms in total. The van der Waals surface area contributed by atoms with E-state index in [0.29, 0.717) is 20.9 Å². The molecule has 0 saturated heterocycles. The van der Waals surface area contributed by atoms with Gasteiger partial charge in [0, 0.05) is 23.7 Å². The molecular weight excluding hydrogens is 424 g/mol. The predicted molar refractivity (Wildman–Crippen MR) is 109 cm³/mol. The Morgan fingerprint density at radius 1 is 1.43 bits per heavy atom. The van der Waals surface area contributed by atoms with Crippen LogP contribution in [-0.4, -0.2) is 37.6 Å². The third-order valence-corrected chi connectivity index (χ3v) is 5.65. The lowest BCUT2D eigenvalue weighted by molar-refractivity contribution is -0.380. The average Bonchev–Trinajstić information content (AvgIpc) is 3.27. The second-order valence-corrected chi connectivity index (χ2v) is 7.86.